The second-order valence-electron chi connectivity index (χ2n) is 3.99. The topological polar surface area (TPSA) is 29.9 Å². The molecule has 0 saturated carbocycles. The van der Waals surface area contributed by atoms with Crippen molar-refractivity contribution in [2.75, 3.05) is 13.6 Å². The standard InChI is InChI=1S/C13H16BrN3/c1-15-8-7-12-9-16-13(17(12)2)10-3-5-11(14)6-4-10/h3-6,9,15H,7-8H2,1-2H3. The quantitative estimate of drug-likeness (QED) is 0.939. The predicted molar refractivity (Wildman–Crippen MR) is 74.0 cm³/mol. The van der Waals surface area contributed by atoms with Crippen LogP contribution < -0.4 is 5.32 Å². The van der Waals surface area contributed by atoms with Crippen molar-refractivity contribution in [1.82, 2.24) is 14.9 Å². The lowest BCUT2D eigenvalue weighted by Crippen LogP contribution is -2.12. The Balaban J connectivity index is 2.27. The SMILES string of the molecule is CNCCc1cnc(-c2ccc(Br)cc2)n1C. The average molecular weight is 294 g/mol. The zero-order valence-corrected chi connectivity index (χ0v) is 11.7. The van der Waals surface area contributed by atoms with E-state index in [1.165, 1.54) is 5.69 Å². The lowest BCUT2D eigenvalue weighted by atomic mass is 10.2. The lowest BCUT2D eigenvalue weighted by Gasteiger charge is -2.06. The molecule has 2 rings (SSSR count). The number of aromatic nitrogens is 2. The first kappa shape index (κ1) is 12.3. The number of nitrogens with zero attached hydrogens (tertiary/aromatic N) is 2. The summed E-state index contributed by atoms with van der Waals surface area (Å²) in [6.45, 7) is 0.972. The zero-order valence-electron chi connectivity index (χ0n) is 10.1. The number of imidazole rings is 1. The van der Waals surface area contributed by atoms with E-state index < -0.39 is 0 Å². The second-order valence-corrected chi connectivity index (χ2v) is 4.91. The summed E-state index contributed by atoms with van der Waals surface area (Å²) < 4.78 is 3.24. The molecule has 0 aliphatic heterocycles. The van der Waals surface area contributed by atoms with Crippen molar-refractivity contribution < 1.29 is 0 Å². The molecule has 0 radical (unpaired) electrons. The number of hydrogen-bond donors (Lipinski definition) is 1. The molecule has 0 fully saturated rings. The number of likely N-dealkylation sites (N-methyl/N-ethyl adjacent to an activating group) is 1. The Morgan fingerprint density at radius 2 is 2.00 bits per heavy atom. The molecule has 1 N–H and O–H groups in total. The average Bonchev–Trinajstić information content (AvgIpc) is 2.69. The molecule has 0 spiro atoms. The highest BCUT2D eigenvalue weighted by molar-refractivity contribution is 9.10. The number of hydrogen-bond acceptors (Lipinski definition) is 2. The highest BCUT2D eigenvalue weighted by Crippen LogP contribution is 2.21. The van der Waals surface area contributed by atoms with E-state index in [-0.39, 0.29) is 0 Å². The first-order chi connectivity index (χ1) is 8.22. The molecule has 0 aliphatic rings. The zero-order chi connectivity index (χ0) is 12.3. The highest BCUT2D eigenvalue weighted by atomic mass is 79.9. The van der Waals surface area contributed by atoms with E-state index in [9.17, 15) is 0 Å². The molecule has 0 unspecified atom stereocenters. The summed E-state index contributed by atoms with van der Waals surface area (Å²) in [4.78, 5) is 4.49. The summed E-state index contributed by atoms with van der Waals surface area (Å²) in [7, 11) is 4.03. The van der Waals surface area contributed by atoms with Gasteiger partial charge in [-0.1, -0.05) is 28.1 Å². The molecule has 0 bridgehead atoms. The van der Waals surface area contributed by atoms with Gasteiger partial charge in [-0.3, -0.25) is 0 Å². The van der Waals surface area contributed by atoms with Crippen molar-refractivity contribution in [1.29, 1.82) is 0 Å². The largest absolute Gasteiger partial charge is 0.331 e. The smallest absolute Gasteiger partial charge is 0.139 e. The summed E-state index contributed by atoms with van der Waals surface area (Å²) in [5, 5.41) is 3.15. The molecular formula is C13H16BrN3. The van der Waals surface area contributed by atoms with E-state index in [4.69, 9.17) is 0 Å². The fourth-order valence-corrected chi connectivity index (χ4v) is 2.06. The molecule has 2 aromatic rings. The van der Waals surface area contributed by atoms with E-state index in [0.717, 1.165) is 28.8 Å². The third-order valence-corrected chi connectivity index (χ3v) is 3.35. The molecule has 3 nitrogen and oxygen atoms in total. The van der Waals surface area contributed by atoms with Gasteiger partial charge in [0.1, 0.15) is 5.82 Å². The summed E-state index contributed by atoms with van der Waals surface area (Å²) >= 11 is 3.44. The van der Waals surface area contributed by atoms with Crippen LogP contribution in [0.4, 0.5) is 0 Å². The maximum Gasteiger partial charge on any atom is 0.139 e. The minimum atomic E-state index is 0.972. The van der Waals surface area contributed by atoms with Gasteiger partial charge >= 0.3 is 0 Å². The summed E-state index contributed by atoms with van der Waals surface area (Å²) in [5.41, 5.74) is 2.39. The number of benzene rings is 1. The van der Waals surface area contributed by atoms with Crippen LogP contribution in [-0.2, 0) is 13.5 Å². The third kappa shape index (κ3) is 2.76. The van der Waals surface area contributed by atoms with Crippen LogP contribution in [0.3, 0.4) is 0 Å². The summed E-state index contributed by atoms with van der Waals surface area (Å²) in [6.07, 6.45) is 2.95. The minimum Gasteiger partial charge on any atom is -0.331 e. The molecule has 1 aromatic carbocycles. The number of nitrogens with one attached hydrogen (secondary N) is 1. The van der Waals surface area contributed by atoms with Crippen LogP contribution in [0.5, 0.6) is 0 Å². The maximum absolute atomic E-state index is 4.49. The maximum atomic E-state index is 4.49. The fourth-order valence-electron chi connectivity index (χ4n) is 1.80. The number of halogens is 1. The van der Waals surface area contributed by atoms with Gasteiger partial charge in [-0.2, -0.15) is 0 Å². The van der Waals surface area contributed by atoms with E-state index in [2.05, 4.69) is 50.0 Å². The van der Waals surface area contributed by atoms with Gasteiger partial charge in [-0.25, -0.2) is 4.98 Å². The monoisotopic (exact) mass is 293 g/mol. The van der Waals surface area contributed by atoms with Crippen molar-refractivity contribution in [3.05, 3.63) is 40.6 Å². The van der Waals surface area contributed by atoms with Gasteiger partial charge < -0.3 is 9.88 Å². The molecule has 0 aliphatic carbocycles. The van der Waals surface area contributed by atoms with Crippen LogP contribution in [0.25, 0.3) is 11.4 Å². The molecular weight excluding hydrogens is 278 g/mol. The molecule has 1 aromatic heterocycles. The predicted octanol–water partition coefficient (Wildman–Crippen LogP) is 2.61. The normalized spacial score (nSPS) is 10.8. The highest BCUT2D eigenvalue weighted by Gasteiger charge is 2.07. The summed E-state index contributed by atoms with van der Waals surface area (Å²) in [6, 6.07) is 8.23. The van der Waals surface area contributed by atoms with Gasteiger partial charge in [0.05, 0.1) is 0 Å². The molecule has 90 valence electrons. The minimum absolute atomic E-state index is 0.972. The van der Waals surface area contributed by atoms with Crippen LogP contribution in [-0.4, -0.2) is 23.1 Å². The molecule has 0 saturated heterocycles. The van der Waals surface area contributed by atoms with Crippen LogP contribution in [0, 0.1) is 0 Å². The van der Waals surface area contributed by atoms with E-state index in [1.54, 1.807) is 0 Å². The Kier molecular flexibility index (Phi) is 3.97. The van der Waals surface area contributed by atoms with Crippen LogP contribution in [0.1, 0.15) is 5.69 Å². The number of rotatable bonds is 4. The first-order valence-electron chi connectivity index (χ1n) is 5.63. The molecule has 0 atom stereocenters. The Morgan fingerprint density at radius 1 is 1.29 bits per heavy atom. The Labute approximate surface area is 110 Å². The van der Waals surface area contributed by atoms with Crippen molar-refractivity contribution in [2.45, 2.75) is 6.42 Å². The van der Waals surface area contributed by atoms with Gasteiger partial charge in [0.15, 0.2) is 0 Å². The summed E-state index contributed by atoms with van der Waals surface area (Å²) in [5.74, 6) is 1.02. The fraction of sp³-hybridized carbons (Fsp3) is 0.308. The van der Waals surface area contributed by atoms with Crippen LogP contribution >= 0.6 is 15.9 Å². The Morgan fingerprint density at radius 3 is 2.65 bits per heavy atom. The van der Waals surface area contributed by atoms with Crippen molar-refractivity contribution in [3.8, 4) is 11.4 Å². The first-order valence-corrected chi connectivity index (χ1v) is 6.43. The van der Waals surface area contributed by atoms with Gasteiger partial charge in [-0.05, 0) is 19.2 Å². The molecule has 17 heavy (non-hydrogen) atoms. The van der Waals surface area contributed by atoms with Crippen LogP contribution in [0.2, 0.25) is 0 Å². The van der Waals surface area contributed by atoms with Crippen molar-refractivity contribution in [3.63, 3.8) is 0 Å². The van der Waals surface area contributed by atoms with Gasteiger partial charge in [0.25, 0.3) is 0 Å². The molecule has 1 heterocycles. The molecule has 0 amide bonds. The Bertz CT molecular complexity index is 488. The Hall–Kier alpha value is -1.13. The van der Waals surface area contributed by atoms with Crippen LogP contribution in [0.15, 0.2) is 34.9 Å². The van der Waals surface area contributed by atoms with Crippen molar-refractivity contribution >= 4 is 15.9 Å². The van der Waals surface area contributed by atoms with Gasteiger partial charge in [-0.15, -0.1) is 0 Å². The third-order valence-electron chi connectivity index (χ3n) is 2.82. The van der Waals surface area contributed by atoms with E-state index >= 15 is 0 Å². The van der Waals surface area contributed by atoms with E-state index in [1.807, 2.05) is 25.4 Å². The van der Waals surface area contributed by atoms with Gasteiger partial charge in [0.2, 0.25) is 0 Å². The lowest BCUT2D eigenvalue weighted by molar-refractivity contribution is 0.740. The van der Waals surface area contributed by atoms with Gasteiger partial charge in [0, 0.05) is 41.9 Å². The molecule has 4 heteroatoms. The van der Waals surface area contributed by atoms with Crippen molar-refractivity contribution in [2.24, 2.45) is 7.05 Å². The second kappa shape index (κ2) is 5.47. The van der Waals surface area contributed by atoms with E-state index in [0.29, 0.717) is 0 Å².